The van der Waals surface area contributed by atoms with Crippen LogP contribution < -0.4 is 0 Å². The van der Waals surface area contributed by atoms with E-state index in [1.165, 1.54) is 31.0 Å². The fourth-order valence-electron chi connectivity index (χ4n) is 1.58. The highest BCUT2D eigenvalue weighted by Crippen LogP contribution is 2.24. The number of aliphatic imine (C=N–C) groups is 1. The van der Waals surface area contributed by atoms with E-state index >= 15 is 0 Å². The number of hydrogen-bond donors (Lipinski definition) is 0. The standard InChI is InChI=1S/C12H13FN2O2S/c1-15(17-2)12(16)10-7-18-11(14-10)8-4-3-5-9(13)6-8/h3-6,10H,7H2,1-2H3/t10-/m0/s1. The average molecular weight is 268 g/mol. The minimum absolute atomic E-state index is 0.198. The van der Waals surface area contributed by atoms with Crippen LogP contribution in [0.1, 0.15) is 5.56 Å². The Labute approximate surface area is 109 Å². The fraction of sp³-hybridized carbons (Fsp3) is 0.333. The van der Waals surface area contributed by atoms with E-state index in [1.807, 2.05) is 0 Å². The first kappa shape index (κ1) is 13.0. The van der Waals surface area contributed by atoms with E-state index in [1.54, 1.807) is 19.2 Å². The molecule has 0 aromatic heterocycles. The molecule has 1 heterocycles. The quantitative estimate of drug-likeness (QED) is 0.784. The molecule has 96 valence electrons. The van der Waals surface area contributed by atoms with Crippen LogP contribution in [0.5, 0.6) is 0 Å². The van der Waals surface area contributed by atoms with Gasteiger partial charge in [-0.25, -0.2) is 9.45 Å². The number of rotatable bonds is 3. The van der Waals surface area contributed by atoms with Crippen molar-refractivity contribution in [2.45, 2.75) is 6.04 Å². The lowest BCUT2D eigenvalue weighted by Crippen LogP contribution is -2.34. The lowest BCUT2D eigenvalue weighted by Gasteiger charge is -2.15. The molecule has 4 nitrogen and oxygen atoms in total. The third kappa shape index (κ3) is 2.70. The van der Waals surface area contributed by atoms with Gasteiger partial charge in [0, 0.05) is 18.4 Å². The van der Waals surface area contributed by atoms with Crippen LogP contribution in [0.2, 0.25) is 0 Å². The van der Waals surface area contributed by atoms with Crippen molar-refractivity contribution in [2.24, 2.45) is 4.99 Å². The zero-order chi connectivity index (χ0) is 13.1. The van der Waals surface area contributed by atoms with Crippen molar-refractivity contribution in [3.63, 3.8) is 0 Å². The highest BCUT2D eigenvalue weighted by Gasteiger charge is 2.28. The number of hydrogen-bond acceptors (Lipinski definition) is 4. The molecule has 1 amide bonds. The van der Waals surface area contributed by atoms with E-state index in [9.17, 15) is 9.18 Å². The van der Waals surface area contributed by atoms with Gasteiger partial charge in [0.25, 0.3) is 5.91 Å². The number of benzene rings is 1. The van der Waals surface area contributed by atoms with Crippen LogP contribution in [0.25, 0.3) is 0 Å². The third-order valence-corrected chi connectivity index (χ3v) is 3.69. The van der Waals surface area contributed by atoms with Gasteiger partial charge in [0.05, 0.1) is 12.2 Å². The number of carbonyl (C=O) groups is 1. The maximum atomic E-state index is 13.1. The van der Waals surface area contributed by atoms with Crippen LogP contribution in [0.3, 0.4) is 0 Å². The van der Waals surface area contributed by atoms with Gasteiger partial charge in [-0.3, -0.25) is 14.6 Å². The first-order chi connectivity index (χ1) is 8.61. The second kappa shape index (κ2) is 5.49. The molecule has 0 N–H and O–H groups in total. The minimum Gasteiger partial charge on any atom is -0.274 e. The number of likely N-dealkylation sites (N-methyl/N-ethyl adjacent to an activating group) is 1. The SMILES string of the molecule is CON(C)C(=O)[C@@H]1CSC(c2cccc(F)c2)=N1. The lowest BCUT2D eigenvalue weighted by molar-refractivity contribution is -0.169. The normalized spacial score (nSPS) is 18.6. The maximum Gasteiger partial charge on any atom is 0.271 e. The van der Waals surface area contributed by atoms with Gasteiger partial charge in [0.15, 0.2) is 0 Å². The van der Waals surface area contributed by atoms with Gasteiger partial charge in [0.2, 0.25) is 0 Å². The molecule has 0 bridgehead atoms. The van der Waals surface area contributed by atoms with E-state index in [-0.39, 0.29) is 11.7 Å². The van der Waals surface area contributed by atoms with Crippen molar-refractivity contribution < 1.29 is 14.0 Å². The third-order valence-electron chi connectivity index (χ3n) is 2.59. The van der Waals surface area contributed by atoms with Crippen LogP contribution in [0.15, 0.2) is 29.3 Å². The molecule has 2 rings (SSSR count). The summed E-state index contributed by atoms with van der Waals surface area (Å²) in [5.41, 5.74) is 0.704. The van der Waals surface area contributed by atoms with E-state index in [2.05, 4.69) is 4.99 Å². The fourth-order valence-corrected chi connectivity index (χ4v) is 2.61. The molecule has 1 aliphatic rings. The molecule has 1 aromatic rings. The number of hydroxylamine groups is 2. The molecule has 0 fully saturated rings. The molecule has 0 radical (unpaired) electrons. The second-order valence-corrected chi connectivity index (χ2v) is 4.80. The Morgan fingerprint density at radius 1 is 1.61 bits per heavy atom. The molecule has 1 aromatic carbocycles. The highest BCUT2D eigenvalue weighted by atomic mass is 32.2. The molecular weight excluding hydrogens is 255 g/mol. The first-order valence-corrected chi connectivity index (χ1v) is 6.38. The number of thioether (sulfide) groups is 1. The van der Waals surface area contributed by atoms with Crippen LogP contribution in [0.4, 0.5) is 4.39 Å². The molecular formula is C12H13FN2O2S. The van der Waals surface area contributed by atoms with Gasteiger partial charge in [-0.05, 0) is 12.1 Å². The van der Waals surface area contributed by atoms with E-state index in [0.29, 0.717) is 16.4 Å². The van der Waals surface area contributed by atoms with E-state index in [4.69, 9.17) is 4.84 Å². The summed E-state index contributed by atoms with van der Waals surface area (Å²) in [5.74, 6) is 0.0502. The topological polar surface area (TPSA) is 41.9 Å². The Bertz CT molecular complexity index is 493. The van der Waals surface area contributed by atoms with Gasteiger partial charge in [-0.2, -0.15) is 0 Å². The van der Waals surface area contributed by atoms with Gasteiger partial charge >= 0.3 is 0 Å². The summed E-state index contributed by atoms with van der Waals surface area (Å²) in [6, 6.07) is 5.74. The molecule has 1 atom stereocenters. The number of carbonyl (C=O) groups excluding carboxylic acids is 1. The summed E-state index contributed by atoms with van der Waals surface area (Å²) in [6.07, 6.45) is 0. The average Bonchev–Trinajstić information content (AvgIpc) is 2.86. The molecule has 0 saturated carbocycles. The monoisotopic (exact) mass is 268 g/mol. The summed E-state index contributed by atoms with van der Waals surface area (Å²) < 4.78 is 13.1. The molecule has 0 unspecified atom stereocenters. The smallest absolute Gasteiger partial charge is 0.271 e. The summed E-state index contributed by atoms with van der Waals surface area (Å²) >= 11 is 1.45. The maximum absolute atomic E-state index is 13.1. The number of halogens is 1. The van der Waals surface area contributed by atoms with Crippen molar-refractivity contribution in [3.05, 3.63) is 35.6 Å². The van der Waals surface area contributed by atoms with Crippen molar-refractivity contribution in [1.82, 2.24) is 5.06 Å². The predicted octanol–water partition coefficient (Wildman–Crippen LogP) is 1.71. The zero-order valence-corrected chi connectivity index (χ0v) is 10.9. The summed E-state index contributed by atoms with van der Waals surface area (Å²) in [7, 11) is 2.97. The summed E-state index contributed by atoms with van der Waals surface area (Å²) in [4.78, 5) is 21.0. The Morgan fingerprint density at radius 3 is 3.06 bits per heavy atom. The molecule has 18 heavy (non-hydrogen) atoms. The molecule has 1 aliphatic heterocycles. The molecule has 6 heteroatoms. The zero-order valence-electron chi connectivity index (χ0n) is 10.1. The lowest BCUT2D eigenvalue weighted by atomic mass is 10.2. The van der Waals surface area contributed by atoms with Crippen LogP contribution in [-0.2, 0) is 9.63 Å². The molecule has 0 aliphatic carbocycles. The Hall–Kier alpha value is -1.40. The van der Waals surface area contributed by atoms with Gasteiger partial charge < -0.3 is 0 Å². The summed E-state index contributed by atoms with van der Waals surface area (Å²) in [5, 5.41) is 1.85. The largest absolute Gasteiger partial charge is 0.274 e. The number of nitrogens with zero attached hydrogens (tertiary/aromatic N) is 2. The second-order valence-electron chi connectivity index (χ2n) is 3.79. The Balaban J connectivity index is 2.16. The minimum atomic E-state index is -0.460. The van der Waals surface area contributed by atoms with Crippen molar-refractivity contribution in [2.75, 3.05) is 19.9 Å². The van der Waals surface area contributed by atoms with Gasteiger partial charge in [-0.1, -0.05) is 12.1 Å². The Kier molecular flexibility index (Phi) is 3.98. The highest BCUT2D eigenvalue weighted by molar-refractivity contribution is 8.14. The van der Waals surface area contributed by atoms with E-state index < -0.39 is 6.04 Å². The van der Waals surface area contributed by atoms with Crippen molar-refractivity contribution in [1.29, 1.82) is 0 Å². The van der Waals surface area contributed by atoms with Crippen molar-refractivity contribution >= 4 is 22.7 Å². The number of amides is 1. The van der Waals surface area contributed by atoms with Gasteiger partial charge in [0.1, 0.15) is 11.9 Å². The Morgan fingerprint density at radius 2 is 2.39 bits per heavy atom. The molecule has 0 spiro atoms. The van der Waals surface area contributed by atoms with Crippen LogP contribution in [0, 0.1) is 5.82 Å². The van der Waals surface area contributed by atoms with Gasteiger partial charge in [-0.15, -0.1) is 11.8 Å². The van der Waals surface area contributed by atoms with E-state index in [0.717, 1.165) is 5.06 Å². The van der Waals surface area contributed by atoms with Crippen LogP contribution >= 0.6 is 11.8 Å². The predicted molar refractivity (Wildman–Crippen MR) is 69.0 cm³/mol. The molecule has 0 saturated heterocycles. The van der Waals surface area contributed by atoms with Crippen molar-refractivity contribution in [3.8, 4) is 0 Å². The summed E-state index contributed by atoms with van der Waals surface area (Å²) in [6.45, 7) is 0. The first-order valence-electron chi connectivity index (χ1n) is 5.40. The van der Waals surface area contributed by atoms with Crippen LogP contribution in [-0.4, -0.2) is 42.0 Å².